The Morgan fingerprint density at radius 1 is 1.24 bits per heavy atom. The van der Waals surface area contributed by atoms with Gasteiger partial charge in [-0.2, -0.15) is 0 Å². The molecule has 1 heterocycles. The standard InChI is InChI=1S/C16H19NO4/c1-11-7-9-21-15(11)16(18)17-8-6-12-10-13(19-2)4-5-14(12)20-3/h4-5,7,9-10H,6,8H2,1-3H3,(H,17,18). The Hall–Kier alpha value is -2.43. The van der Waals surface area contributed by atoms with Crippen molar-refractivity contribution >= 4 is 5.91 Å². The third-order valence-corrected chi connectivity index (χ3v) is 3.24. The lowest BCUT2D eigenvalue weighted by Crippen LogP contribution is -2.25. The molecule has 0 spiro atoms. The fraction of sp³-hybridized carbons (Fsp3) is 0.312. The normalized spacial score (nSPS) is 10.2. The van der Waals surface area contributed by atoms with Crippen molar-refractivity contribution in [1.82, 2.24) is 5.32 Å². The van der Waals surface area contributed by atoms with Crippen LogP contribution in [-0.2, 0) is 6.42 Å². The molecule has 0 atom stereocenters. The third-order valence-electron chi connectivity index (χ3n) is 3.24. The highest BCUT2D eigenvalue weighted by Crippen LogP contribution is 2.24. The van der Waals surface area contributed by atoms with Crippen LogP contribution in [0.2, 0.25) is 0 Å². The number of carbonyl (C=O) groups excluding carboxylic acids is 1. The van der Waals surface area contributed by atoms with E-state index in [4.69, 9.17) is 13.9 Å². The molecule has 0 saturated carbocycles. The van der Waals surface area contributed by atoms with Gasteiger partial charge in [-0.3, -0.25) is 4.79 Å². The van der Waals surface area contributed by atoms with Crippen LogP contribution in [-0.4, -0.2) is 26.7 Å². The zero-order valence-electron chi connectivity index (χ0n) is 12.4. The summed E-state index contributed by atoms with van der Waals surface area (Å²) in [5.74, 6) is 1.69. The average Bonchev–Trinajstić information content (AvgIpc) is 2.93. The second-order valence-corrected chi connectivity index (χ2v) is 4.62. The summed E-state index contributed by atoms with van der Waals surface area (Å²) in [6.45, 7) is 2.33. The van der Waals surface area contributed by atoms with Crippen molar-refractivity contribution in [1.29, 1.82) is 0 Å². The molecule has 1 amide bonds. The van der Waals surface area contributed by atoms with Crippen molar-refractivity contribution in [3.05, 3.63) is 47.4 Å². The third kappa shape index (κ3) is 3.56. The first-order valence-corrected chi connectivity index (χ1v) is 6.69. The Bertz CT molecular complexity index is 618. The van der Waals surface area contributed by atoms with Crippen molar-refractivity contribution in [3.8, 4) is 11.5 Å². The van der Waals surface area contributed by atoms with Crippen LogP contribution in [0.25, 0.3) is 0 Å². The van der Waals surface area contributed by atoms with Crippen molar-refractivity contribution < 1.29 is 18.7 Å². The van der Waals surface area contributed by atoms with Crippen LogP contribution >= 0.6 is 0 Å². The molecular weight excluding hydrogens is 270 g/mol. The van der Waals surface area contributed by atoms with Crippen molar-refractivity contribution in [2.75, 3.05) is 20.8 Å². The van der Waals surface area contributed by atoms with E-state index in [1.165, 1.54) is 6.26 Å². The molecule has 112 valence electrons. The lowest BCUT2D eigenvalue weighted by Gasteiger charge is -2.11. The van der Waals surface area contributed by atoms with E-state index in [0.29, 0.717) is 18.7 Å². The predicted molar refractivity (Wildman–Crippen MR) is 79.0 cm³/mol. The Balaban J connectivity index is 1.97. The quantitative estimate of drug-likeness (QED) is 0.888. The summed E-state index contributed by atoms with van der Waals surface area (Å²) in [4.78, 5) is 11.9. The minimum Gasteiger partial charge on any atom is -0.497 e. The summed E-state index contributed by atoms with van der Waals surface area (Å²) in [6, 6.07) is 7.36. The molecule has 0 fully saturated rings. The second-order valence-electron chi connectivity index (χ2n) is 4.62. The summed E-state index contributed by atoms with van der Waals surface area (Å²) in [5, 5.41) is 2.83. The number of methoxy groups -OCH3 is 2. The number of hydrogen-bond donors (Lipinski definition) is 1. The van der Waals surface area contributed by atoms with Gasteiger partial charge in [-0.05, 0) is 43.2 Å². The van der Waals surface area contributed by atoms with Gasteiger partial charge in [0.1, 0.15) is 11.5 Å². The maximum atomic E-state index is 11.9. The van der Waals surface area contributed by atoms with Gasteiger partial charge in [-0.25, -0.2) is 0 Å². The number of amides is 1. The van der Waals surface area contributed by atoms with E-state index in [-0.39, 0.29) is 5.91 Å². The predicted octanol–water partition coefficient (Wildman–Crippen LogP) is 2.58. The Labute approximate surface area is 123 Å². The van der Waals surface area contributed by atoms with E-state index in [0.717, 1.165) is 22.6 Å². The van der Waals surface area contributed by atoms with Gasteiger partial charge < -0.3 is 19.2 Å². The molecule has 5 nitrogen and oxygen atoms in total. The van der Waals surface area contributed by atoms with E-state index in [2.05, 4.69) is 5.32 Å². The first-order chi connectivity index (χ1) is 10.2. The summed E-state index contributed by atoms with van der Waals surface area (Å²) in [5.41, 5.74) is 1.81. The highest BCUT2D eigenvalue weighted by Gasteiger charge is 2.12. The van der Waals surface area contributed by atoms with Gasteiger partial charge in [0.25, 0.3) is 5.91 Å². The second kappa shape index (κ2) is 6.83. The Kier molecular flexibility index (Phi) is 4.87. The van der Waals surface area contributed by atoms with Crippen LogP contribution in [0.3, 0.4) is 0 Å². The maximum absolute atomic E-state index is 11.9. The topological polar surface area (TPSA) is 60.7 Å². The maximum Gasteiger partial charge on any atom is 0.287 e. The Morgan fingerprint density at radius 2 is 2.05 bits per heavy atom. The molecule has 0 aliphatic heterocycles. The molecule has 1 aromatic heterocycles. The van der Waals surface area contributed by atoms with Gasteiger partial charge in [0.2, 0.25) is 0 Å². The van der Waals surface area contributed by atoms with Gasteiger partial charge in [0.05, 0.1) is 20.5 Å². The Morgan fingerprint density at radius 3 is 2.67 bits per heavy atom. The van der Waals surface area contributed by atoms with Crippen molar-refractivity contribution in [2.45, 2.75) is 13.3 Å². The SMILES string of the molecule is COc1ccc(OC)c(CCNC(=O)c2occc2C)c1. The molecule has 1 N–H and O–H groups in total. The number of rotatable bonds is 6. The van der Waals surface area contributed by atoms with Gasteiger partial charge in [-0.15, -0.1) is 0 Å². The van der Waals surface area contributed by atoms with Gasteiger partial charge in [0, 0.05) is 12.1 Å². The molecule has 0 radical (unpaired) electrons. The highest BCUT2D eigenvalue weighted by atomic mass is 16.5. The van der Waals surface area contributed by atoms with Crippen LogP contribution in [0.4, 0.5) is 0 Å². The zero-order valence-corrected chi connectivity index (χ0v) is 12.4. The molecule has 1 aromatic carbocycles. The van der Waals surface area contributed by atoms with Crippen molar-refractivity contribution in [3.63, 3.8) is 0 Å². The number of hydrogen-bond acceptors (Lipinski definition) is 4. The minimum absolute atomic E-state index is 0.209. The number of carbonyl (C=O) groups is 1. The van der Waals surface area contributed by atoms with E-state index < -0.39 is 0 Å². The molecule has 2 rings (SSSR count). The first-order valence-electron chi connectivity index (χ1n) is 6.69. The van der Waals surface area contributed by atoms with Crippen LogP contribution in [0.5, 0.6) is 11.5 Å². The summed E-state index contributed by atoms with van der Waals surface area (Å²) in [7, 11) is 3.24. The molecule has 2 aromatic rings. The molecule has 0 unspecified atom stereocenters. The minimum atomic E-state index is -0.209. The number of aryl methyl sites for hydroxylation is 1. The van der Waals surface area contributed by atoms with Crippen LogP contribution in [0, 0.1) is 6.92 Å². The largest absolute Gasteiger partial charge is 0.497 e. The smallest absolute Gasteiger partial charge is 0.287 e. The van der Waals surface area contributed by atoms with Crippen LogP contribution < -0.4 is 14.8 Å². The molecule has 5 heteroatoms. The number of ether oxygens (including phenoxy) is 2. The monoisotopic (exact) mass is 289 g/mol. The first kappa shape index (κ1) is 15.0. The number of furan rings is 1. The highest BCUT2D eigenvalue weighted by molar-refractivity contribution is 5.92. The van der Waals surface area contributed by atoms with Gasteiger partial charge >= 0.3 is 0 Å². The molecule has 21 heavy (non-hydrogen) atoms. The summed E-state index contributed by atoms with van der Waals surface area (Å²) < 4.78 is 15.7. The van der Waals surface area contributed by atoms with Gasteiger partial charge in [-0.1, -0.05) is 0 Å². The molecule has 0 aliphatic rings. The van der Waals surface area contributed by atoms with E-state index in [9.17, 15) is 4.79 Å². The van der Waals surface area contributed by atoms with E-state index in [1.54, 1.807) is 20.3 Å². The van der Waals surface area contributed by atoms with E-state index >= 15 is 0 Å². The average molecular weight is 289 g/mol. The van der Waals surface area contributed by atoms with Gasteiger partial charge in [0.15, 0.2) is 5.76 Å². The lowest BCUT2D eigenvalue weighted by atomic mass is 10.1. The molecular formula is C16H19NO4. The van der Waals surface area contributed by atoms with Crippen LogP contribution in [0.15, 0.2) is 34.9 Å². The lowest BCUT2D eigenvalue weighted by molar-refractivity contribution is 0.0925. The fourth-order valence-corrected chi connectivity index (χ4v) is 2.07. The van der Waals surface area contributed by atoms with Crippen molar-refractivity contribution in [2.24, 2.45) is 0 Å². The van der Waals surface area contributed by atoms with E-state index in [1.807, 2.05) is 25.1 Å². The molecule has 0 saturated heterocycles. The summed E-state index contributed by atoms with van der Waals surface area (Å²) in [6.07, 6.45) is 2.15. The fourth-order valence-electron chi connectivity index (χ4n) is 2.07. The molecule has 0 bridgehead atoms. The number of benzene rings is 1. The number of nitrogens with one attached hydrogen (secondary N) is 1. The summed E-state index contributed by atoms with van der Waals surface area (Å²) >= 11 is 0. The molecule has 0 aliphatic carbocycles. The van der Waals surface area contributed by atoms with Crippen LogP contribution in [0.1, 0.15) is 21.7 Å². The zero-order chi connectivity index (χ0) is 15.2.